The van der Waals surface area contributed by atoms with Crippen LogP contribution in [0.5, 0.6) is 0 Å². The second kappa shape index (κ2) is 15.5. The van der Waals surface area contributed by atoms with Crippen LogP contribution in [-0.2, 0) is 0 Å². The van der Waals surface area contributed by atoms with Gasteiger partial charge in [-0.05, 0) is 72.8 Å². The van der Waals surface area contributed by atoms with E-state index in [1.165, 1.54) is 0 Å². The molecule has 0 unspecified atom stereocenters. The molecule has 0 radical (unpaired) electrons. The number of hydrogen-bond donors (Lipinski definition) is 0. The molecule has 7 nitrogen and oxygen atoms in total. The van der Waals surface area contributed by atoms with Gasteiger partial charge in [0.2, 0.25) is 0 Å². The normalized spacial score (nSPS) is 12.0. The molecule has 0 atom stereocenters. The first-order valence-electron chi connectivity index (χ1n) is 25.2. The van der Waals surface area contributed by atoms with Crippen molar-refractivity contribution >= 4 is 109 Å². The molecule has 7 heteroatoms. The van der Waals surface area contributed by atoms with Crippen LogP contribution in [-0.4, -0.2) is 22.8 Å². The van der Waals surface area contributed by atoms with Gasteiger partial charge in [-0.25, -0.2) is 0 Å². The van der Waals surface area contributed by atoms with Crippen molar-refractivity contribution in [1.29, 1.82) is 10.5 Å². The van der Waals surface area contributed by atoms with Gasteiger partial charge in [-0.1, -0.05) is 164 Å². The molecule has 346 valence electrons. The van der Waals surface area contributed by atoms with E-state index in [-0.39, 0.29) is 0 Å². The Kier molecular flexibility index (Phi) is 8.46. The standard InChI is InChI=1S/C68H39N7/c69-40-53-65(72-56-31-13-4-22-43(56)44-23-5-14-32-57(44)72)54(41-70)67(74-60-35-17-8-26-47(60)48-27-9-18-36-61(48)74)68(66(53)73-58-33-15-6-24-45(58)46-25-7-16-34-59(46)73)75-62-37-19-11-29-50(62)52-38-63-51(39-64(52)75)49-28-10-12-30-55(49)71(63)42-20-2-1-3-21-42/h1-39H. The van der Waals surface area contributed by atoms with Crippen molar-refractivity contribution in [3.8, 4) is 40.6 Å². The molecule has 5 heterocycles. The molecule has 0 spiro atoms. The minimum absolute atomic E-state index is 0.372. The van der Waals surface area contributed by atoms with E-state index < -0.39 is 0 Å². The smallest absolute Gasteiger partial charge is 0.104 e. The van der Waals surface area contributed by atoms with Crippen molar-refractivity contribution in [2.24, 2.45) is 0 Å². The van der Waals surface area contributed by atoms with E-state index >= 15 is 0 Å². The Morgan fingerprint density at radius 1 is 0.213 bits per heavy atom. The van der Waals surface area contributed by atoms with Gasteiger partial charge in [0.25, 0.3) is 0 Å². The third kappa shape index (κ3) is 5.45. The van der Waals surface area contributed by atoms with Gasteiger partial charge in [-0.3, -0.25) is 0 Å². The zero-order valence-electron chi connectivity index (χ0n) is 40.1. The lowest BCUT2D eigenvalue weighted by Gasteiger charge is -2.27. The van der Waals surface area contributed by atoms with Crippen molar-refractivity contribution in [3.05, 3.63) is 248 Å². The summed E-state index contributed by atoms with van der Waals surface area (Å²) in [6.07, 6.45) is 0. The summed E-state index contributed by atoms with van der Waals surface area (Å²) in [6, 6.07) is 88.9. The number of fused-ring (bicyclic) bond motifs is 15. The molecule has 0 aliphatic carbocycles. The first-order valence-corrected chi connectivity index (χ1v) is 25.2. The lowest BCUT2D eigenvalue weighted by Crippen LogP contribution is -2.16. The summed E-state index contributed by atoms with van der Waals surface area (Å²) >= 11 is 0. The molecule has 0 fully saturated rings. The van der Waals surface area contributed by atoms with Gasteiger partial charge in [-0.15, -0.1) is 0 Å². The highest BCUT2D eigenvalue weighted by Crippen LogP contribution is 2.49. The monoisotopic (exact) mass is 953 g/mol. The number of hydrogen-bond acceptors (Lipinski definition) is 2. The molecule has 11 aromatic carbocycles. The van der Waals surface area contributed by atoms with Crippen LogP contribution in [0.25, 0.3) is 137 Å². The SMILES string of the molecule is N#Cc1c(-n2c3ccccc3c3ccccc32)c(C#N)c(-n2c3ccccc3c3ccccc32)c(-n2c3ccccc3c3cc4c(cc32)c2ccccc2n4-c2ccccc2)c1-n1c2ccccc2c2ccccc21. The molecule has 0 N–H and O–H groups in total. The zero-order valence-corrected chi connectivity index (χ0v) is 40.1. The minimum Gasteiger partial charge on any atom is -0.309 e. The van der Waals surface area contributed by atoms with Gasteiger partial charge < -0.3 is 22.8 Å². The molecule has 16 aromatic rings. The van der Waals surface area contributed by atoms with Gasteiger partial charge in [0.1, 0.15) is 23.3 Å². The van der Waals surface area contributed by atoms with Crippen molar-refractivity contribution in [1.82, 2.24) is 22.8 Å². The largest absolute Gasteiger partial charge is 0.309 e. The fraction of sp³-hybridized carbons (Fsp3) is 0. The second-order valence-electron chi connectivity index (χ2n) is 19.4. The van der Waals surface area contributed by atoms with Crippen LogP contribution in [0.15, 0.2) is 237 Å². The number of para-hydroxylation sites is 9. The van der Waals surface area contributed by atoms with Crippen LogP contribution in [0.3, 0.4) is 0 Å². The number of benzene rings is 11. The number of aromatic nitrogens is 5. The molecule has 16 rings (SSSR count). The first kappa shape index (κ1) is 41.1. The van der Waals surface area contributed by atoms with E-state index in [1.807, 2.05) is 12.1 Å². The van der Waals surface area contributed by atoms with Gasteiger partial charge in [0, 0.05) is 59.5 Å². The van der Waals surface area contributed by atoms with Crippen LogP contribution in [0.2, 0.25) is 0 Å². The maximum atomic E-state index is 12.5. The van der Waals surface area contributed by atoms with E-state index in [0.717, 1.165) is 115 Å². The van der Waals surface area contributed by atoms with Crippen molar-refractivity contribution < 1.29 is 0 Å². The van der Waals surface area contributed by atoms with Crippen molar-refractivity contribution in [2.75, 3.05) is 0 Å². The third-order valence-electron chi connectivity index (χ3n) is 15.7. The van der Waals surface area contributed by atoms with Crippen LogP contribution < -0.4 is 0 Å². The summed E-state index contributed by atoms with van der Waals surface area (Å²) in [5.74, 6) is 0. The minimum atomic E-state index is 0.372. The average Bonchev–Trinajstić information content (AvgIpc) is 4.26. The molecule has 5 aromatic heterocycles. The topological polar surface area (TPSA) is 72.2 Å². The molecule has 0 aliphatic rings. The summed E-state index contributed by atoms with van der Waals surface area (Å²) < 4.78 is 11.5. The van der Waals surface area contributed by atoms with Gasteiger partial charge in [-0.2, -0.15) is 10.5 Å². The van der Waals surface area contributed by atoms with E-state index in [0.29, 0.717) is 33.9 Å². The summed E-state index contributed by atoms with van der Waals surface area (Å²) in [4.78, 5) is 0. The molecule has 0 aliphatic heterocycles. The lowest BCUT2D eigenvalue weighted by molar-refractivity contribution is 1.02. The van der Waals surface area contributed by atoms with E-state index in [2.05, 4.69) is 259 Å². The Morgan fingerprint density at radius 3 is 0.773 bits per heavy atom. The van der Waals surface area contributed by atoms with Gasteiger partial charge in [0.15, 0.2) is 0 Å². The molecule has 0 saturated carbocycles. The second-order valence-corrected chi connectivity index (χ2v) is 19.4. The van der Waals surface area contributed by atoms with E-state index in [1.54, 1.807) is 0 Å². The number of rotatable bonds is 5. The molecule has 75 heavy (non-hydrogen) atoms. The number of nitriles is 2. The quantitative estimate of drug-likeness (QED) is 0.172. The highest BCUT2D eigenvalue weighted by molar-refractivity contribution is 6.21. The third-order valence-corrected chi connectivity index (χ3v) is 15.7. The van der Waals surface area contributed by atoms with Gasteiger partial charge >= 0.3 is 0 Å². The number of nitrogens with zero attached hydrogens (tertiary/aromatic N) is 7. The predicted molar refractivity (Wildman–Crippen MR) is 308 cm³/mol. The molecule has 0 bridgehead atoms. The predicted octanol–water partition coefficient (Wildman–Crippen LogP) is 16.9. The lowest BCUT2D eigenvalue weighted by atomic mass is 9.98. The zero-order chi connectivity index (χ0) is 49.5. The molecular weight excluding hydrogens is 915 g/mol. The Morgan fingerprint density at radius 2 is 0.453 bits per heavy atom. The summed E-state index contributed by atoms with van der Waals surface area (Å²) in [5.41, 5.74) is 14.0. The van der Waals surface area contributed by atoms with Crippen molar-refractivity contribution in [2.45, 2.75) is 0 Å². The first-order chi connectivity index (χ1) is 37.2. The average molecular weight is 954 g/mol. The molecule has 0 amide bonds. The Balaban J connectivity index is 1.22. The molecular formula is C68H39N7. The Bertz CT molecular complexity index is 4900. The van der Waals surface area contributed by atoms with Crippen LogP contribution in [0.1, 0.15) is 11.1 Å². The maximum Gasteiger partial charge on any atom is 0.104 e. The van der Waals surface area contributed by atoms with Gasteiger partial charge in [0.05, 0.1) is 77.9 Å². The van der Waals surface area contributed by atoms with Crippen LogP contribution in [0, 0.1) is 22.7 Å². The fourth-order valence-corrected chi connectivity index (χ4v) is 12.8. The Labute approximate surface area is 428 Å². The van der Waals surface area contributed by atoms with Crippen LogP contribution >= 0.6 is 0 Å². The van der Waals surface area contributed by atoms with E-state index in [4.69, 9.17) is 0 Å². The summed E-state index contributed by atoms with van der Waals surface area (Å²) in [5, 5.41) is 35.6. The van der Waals surface area contributed by atoms with Crippen molar-refractivity contribution in [3.63, 3.8) is 0 Å². The van der Waals surface area contributed by atoms with E-state index in [9.17, 15) is 10.5 Å². The van der Waals surface area contributed by atoms with Crippen LogP contribution in [0.4, 0.5) is 0 Å². The summed E-state index contributed by atoms with van der Waals surface area (Å²) in [6.45, 7) is 0. The summed E-state index contributed by atoms with van der Waals surface area (Å²) in [7, 11) is 0. The maximum absolute atomic E-state index is 12.5. The highest BCUT2D eigenvalue weighted by atomic mass is 15.1. The fourth-order valence-electron chi connectivity index (χ4n) is 12.8. The Hall–Kier alpha value is -10.6. The molecule has 0 saturated heterocycles. The highest BCUT2D eigenvalue weighted by Gasteiger charge is 2.35.